The molecule has 0 unspecified atom stereocenters. The Kier molecular flexibility index (Phi) is 2.82. The van der Waals surface area contributed by atoms with E-state index in [1.807, 2.05) is 0 Å². The van der Waals surface area contributed by atoms with Crippen LogP contribution in [0.2, 0.25) is 0 Å². The minimum Gasteiger partial charge on any atom is -0.398 e. The van der Waals surface area contributed by atoms with E-state index in [0.29, 0.717) is 0 Å². The van der Waals surface area contributed by atoms with E-state index in [1.54, 1.807) is 0 Å². The SMILES string of the molecule is Nc1ccc(S)c(C(F)(F)F)c1Br. The smallest absolute Gasteiger partial charge is 0.398 e. The highest BCUT2D eigenvalue weighted by atomic mass is 79.9. The van der Waals surface area contributed by atoms with Gasteiger partial charge in [0.05, 0.1) is 10.0 Å². The first-order valence-electron chi connectivity index (χ1n) is 3.18. The average Bonchev–Trinajstić information content (AvgIpc) is 1.95. The maximum Gasteiger partial charge on any atom is 0.418 e. The van der Waals surface area contributed by atoms with Crippen LogP contribution in [0.25, 0.3) is 0 Å². The zero-order valence-corrected chi connectivity index (χ0v) is 8.67. The zero-order chi connectivity index (χ0) is 10.2. The summed E-state index contributed by atoms with van der Waals surface area (Å²) < 4.78 is 36.9. The van der Waals surface area contributed by atoms with Crippen LogP contribution < -0.4 is 5.73 Å². The van der Waals surface area contributed by atoms with Gasteiger partial charge in [-0.15, -0.1) is 12.6 Å². The Morgan fingerprint density at radius 1 is 1.31 bits per heavy atom. The molecule has 1 rings (SSSR count). The number of anilines is 1. The van der Waals surface area contributed by atoms with Gasteiger partial charge in [0.15, 0.2) is 0 Å². The van der Waals surface area contributed by atoms with Crippen LogP contribution in [-0.2, 0) is 6.18 Å². The van der Waals surface area contributed by atoms with Crippen LogP contribution in [0.4, 0.5) is 18.9 Å². The third kappa shape index (κ3) is 2.11. The molecular weight excluding hydrogens is 267 g/mol. The Morgan fingerprint density at radius 3 is 2.23 bits per heavy atom. The Bertz CT molecular complexity index is 337. The minimum absolute atomic E-state index is 0.0464. The van der Waals surface area contributed by atoms with E-state index >= 15 is 0 Å². The Morgan fingerprint density at radius 2 is 1.85 bits per heavy atom. The lowest BCUT2D eigenvalue weighted by molar-refractivity contribution is -0.140. The fourth-order valence-corrected chi connectivity index (χ4v) is 1.89. The molecule has 0 aromatic heterocycles. The normalized spacial score (nSPS) is 11.8. The van der Waals surface area contributed by atoms with Crippen LogP contribution in [0.3, 0.4) is 0 Å². The fraction of sp³-hybridized carbons (Fsp3) is 0.143. The summed E-state index contributed by atoms with van der Waals surface area (Å²) in [5, 5.41) is 0. The number of hydrogen-bond acceptors (Lipinski definition) is 2. The number of nitrogen functional groups attached to an aromatic ring is 1. The van der Waals surface area contributed by atoms with Crippen molar-refractivity contribution in [1.29, 1.82) is 0 Å². The molecule has 0 aliphatic carbocycles. The molecule has 0 saturated carbocycles. The second-order valence-electron chi connectivity index (χ2n) is 2.36. The van der Waals surface area contributed by atoms with Crippen molar-refractivity contribution in [3.05, 3.63) is 22.2 Å². The second kappa shape index (κ2) is 3.42. The summed E-state index contributed by atoms with van der Waals surface area (Å²) in [6, 6.07) is 2.58. The lowest BCUT2D eigenvalue weighted by Gasteiger charge is -2.12. The van der Waals surface area contributed by atoms with Gasteiger partial charge in [-0.25, -0.2) is 0 Å². The molecule has 0 radical (unpaired) electrons. The van der Waals surface area contributed by atoms with Crippen molar-refractivity contribution in [2.45, 2.75) is 11.1 Å². The minimum atomic E-state index is -4.44. The van der Waals surface area contributed by atoms with Crippen molar-refractivity contribution in [3.63, 3.8) is 0 Å². The second-order valence-corrected chi connectivity index (χ2v) is 3.64. The Balaban J connectivity index is 3.43. The quantitative estimate of drug-likeness (QED) is 0.549. The lowest BCUT2D eigenvalue weighted by atomic mass is 10.2. The Labute approximate surface area is 86.7 Å². The van der Waals surface area contributed by atoms with Gasteiger partial charge in [-0.2, -0.15) is 13.2 Å². The number of hydrogen-bond donors (Lipinski definition) is 2. The van der Waals surface area contributed by atoms with Gasteiger partial charge in [-0.1, -0.05) is 0 Å². The van der Waals surface area contributed by atoms with Crippen LogP contribution in [0.1, 0.15) is 5.56 Å². The van der Waals surface area contributed by atoms with Crippen LogP contribution >= 0.6 is 28.6 Å². The van der Waals surface area contributed by atoms with Crippen molar-refractivity contribution in [1.82, 2.24) is 0 Å². The van der Waals surface area contributed by atoms with Crippen LogP contribution in [0.15, 0.2) is 21.5 Å². The summed E-state index contributed by atoms with van der Waals surface area (Å²) in [7, 11) is 0. The molecule has 0 atom stereocenters. The highest BCUT2D eigenvalue weighted by molar-refractivity contribution is 9.10. The lowest BCUT2D eigenvalue weighted by Crippen LogP contribution is -2.08. The predicted molar refractivity (Wildman–Crippen MR) is 50.8 cm³/mol. The van der Waals surface area contributed by atoms with Crippen molar-refractivity contribution in [2.24, 2.45) is 0 Å². The first-order valence-corrected chi connectivity index (χ1v) is 4.42. The van der Waals surface area contributed by atoms with E-state index in [4.69, 9.17) is 5.73 Å². The highest BCUT2D eigenvalue weighted by Crippen LogP contribution is 2.41. The van der Waals surface area contributed by atoms with Crippen molar-refractivity contribution in [2.75, 3.05) is 5.73 Å². The summed E-state index contributed by atoms with van der Waals surface area (Å²) in [6.07, 6.45) is -4.44. The molecule has 0 aliphatic rings. The largest absolute Gasteiger partial charge is 0.418 e. The summed E-state index contributed by atoms with van der Waals surface area (Å²) in [5.74, 6) is 0. The van der Waals surface area contributed by atoms with Gasteiger partial charge >= 0.3 is 6.18 Å². The highest BCUT2D eigenvalue weighted by Gasteiger charge is 2.35. The molecule has 0 heterocycles. The number of rotatable bonds is 0. The number of nitrogens with two attached hydrogens (primary N) is 1. The van der Waals surface area contributed by atoms with Gasteiger partial charge in [0.25, 0.3) is 0 Å². The van der Waals surface area contributed by atoms with Crippen molar-refractivity contribution in [3.8, 4) is 0 Å². The summed E-state index contributed by atoms with van der Waals surface area (Å²) in [6.45, 7) is 0. The van der Waals surface area contributed by atoms with Crippen LogP contribution in [0.5, 0.6) is 0 Å². The monoisotopic (exact) mass is 271 g/mol. The number of thiol groups is 1. The van der Waals surface area contributed by atoms with Gasteiger partial charge in [-0.3, -0.25) is 0 Å². The number of halogens is 4. The average molecular weight is 272 g/mol. The van der Waals surface area contributed by atoms with E-state index in [9.17, 15) is 13.2 Å². The standard InChI is InChI=1S/C7H5BrF3NS/c8-6-3(12)1-2-4(13)5(6)7(9,10)11/h1-2,13H,12H2. The first-order chi connectivity index (χ1) is 5.84. The van der Waals surface area contributed by atoms with Gasteiger partial charge in [0.2, 0.25) is 0 Å². The first kappa shape index (κ1) is 10.7. The maximum atomic E-state index is 12.4. The van der Waals surface area contributed by atoms with E-state index in [2.05, 4.69) is 28.6 Å². The molecule has 0 spiro atoms. The van der Waals surface area contributed by atoms with E-state index in [1.165, 1.54) is 12.1 Å². The van der Waals surface area contributed by atoms with Gasteiger partial charge in [0.1, 0.15) is 0 Å². The molecule has 13 heavy (non-hydrogen) atoms. The third-order valence-electron chi connectivity index (χ3n) is 1.43. The molecule has 0 saturated heterocycles. The molecule has 2 N–H and O–H groups in total. The molecule has 0 amide bonds. The Hall–Kier alpha value is -0.360. The number of benzene rings is 1. The molecule has 0 aliphatic heterocycles. The molecule has 1 nitrogen and oxygen atoms in total. The maximum absolute atomic E-state index is 12.4. The van der Waals surface area contributed by atoms with Crippen molar-refractivity contribution >= 4 is 34.2 Å². The number of alkyl halides is 3. The van der Waals surface area contributed by atoms with E-state index < -0.39 is 11.7 Å². The fourth-order valence-electron chi connectivity index (χ4n) is 0.852. The van der Waals surface area contributed by atoms with Gasteiger partial charge in [0, 0.05) is 10.6 Å². The molecular formula is C7H5BrF3NS. The summed E-state index contributed by atoms with van der Waals surface area (Å²) >= 11 is 6.48. The predicted octanol–water partition coefficient (Wildman–Crippen LogP) is 3.34. The summed E-state index contributed by atoms with van der Waals surface area (Å²) in [4.78, 5) is -0.145. The molecule has 1 aromatic carbocycles. The summed E-state index contributed by atoms with van der Waals surface area (Å²) in [5.41, 5.74) is 4.51. The van der Waals surface area contributed by atoms with Crippen molar-refractivity contribution < 1.29 is 13.2 Å². The topological polar surface area (TPSA) is 26.0 Å². The zero-order valence-electron chi connectivity index (χ0n) is 6.19. The molecule has 0 bridgehead atoms. The molecule has 1 aromatic rings. The van der Waals surface area contributed by atoms with E-state index in [0.717, 1.165) is 0 Å². The molecule has 72 valence electrons. The van der Waals surface area contributed by atoms with Crippen LogP contribution in [-0.4, -0.2) is 0 Å². The molecule has 6 heteroatoms. The van der Waals surface area contributed by atoms with E-state index in [-0.39, 0.29) is 15.1 Å². The van der Waals surface area contributed by atoms with Crippen LogP contribution in [0, 0.1) is 0 Å². The third-order valence-corrected chi connectivity index (χ3v) is 2.66. The van der Waals surface area contributed by atoms with Gasteiger partial charge in [-0.05, 0) is 28.1 Å². The van der Waals surface area contributed by atoms with Gasteiger partial charge < -0.3 is 5.73 Å². The molecule has 0 fully saturated rings.